The van der Waals surface area contributed by atoms with Gasteiger partial charge in [0.15, 0.2) is 0 Å². The summed E-state index contributed by atoms with van der Waals surface area (Å²) in [4.78, 5) is 59.6. The van der Waals surface area contributed by atoms with E-state index < -0.39 is 35.0 Å². The first-order valence-electron chi connectivity index (χ1n) is 14.4. The number of anilines is 2. The molecule has 4 atom stereocenters. The number of amides is 4. The van der Waals surface area contributed by atoms with Crippen molar-refractivity contribution in [2.24, 2.45) is 29.6 Å². The van der Waals surface area contributed by atoms with E-state index in [4.69, 9.17) is 9.47 Å². The highest BCUT2D eigenvalue weighted by atomic mass is 16.5. The maximum Gasteiger partial charge on any atom is 0.238 e. The van der Waals surface area contributed by atoms with Crippen molar-refractivity contribution in [2.45, 2.75) is 19.3 Å². The van der Waals surface area contributed by atoms with Gasteiger partial charge in [-0.1, -0.05) is 42.5 Å². The molecule has 2 heterocycles. The summed E-state index contributed by atoms with van der Waals surface area (Å²) in [5, 5.41) is 0. The Morgan fingerprint density at radius 1 is 0.619 bits per heavy atom. The molecule has 2 aliphatic heterocycles. The Morgan fingerprint density at radius 2 is 1.07 bits per heavy atom. The maximum atomic E-state index is 14.4. The molecule has 3 aliphatic carbocycles. The van der Waals surface area contributed by atoms with Crippen molar-refractivity contribution in [2.75, 3.05) is 23.0 Å². The van der Waals surface area contributed by atoms with Gasteiger partial charge in [-0.2, -0.15) is 0 Å². The topological polar surface area (TPSA) is 93.2 Å². The first-order valence-corrected chi connectivity index (χ1v) is 14.4. The highest BCUT2D eigenvalue weighted by molar-refractivity contribution is 6.27. The third-order valence-electron chi connectivity index (χ3n) is 9.24. The third-order valence-corrected chi connectivity index (χ3v) is 9.24. The Kier molecular flexibility index (Phi) is 6.04. The lowest BCUT2D eigenvalue weighted by Crippen LogP contribution is -2.60. The van der Waals surface area contributed by atoms with Crippen molar-refractivity contribution < 1.29 is 28.7 Å². The van der Waals surface area contributed by atoms with Gasteiger partial charge in [0.05, 0.1) is 48.3 Å². The number of rotatable bonds is 7. The number of hydrogen-bond acceptors (Lipinski definition) is 6. The van der Waals surface area contributed by atoms with Gasteiger partial charge in [-0.3, -0.25) is 19.2 Å². The molecule has 0 N–H and O–H groups in total. The molecule has 2 saturated heterocycles. The van der Waals surface area contributed by atoms with Crippen molar-refractivity contribution in [1.82, 2.24) is 0 Å². The zero-order valence-corrected chi connectivity index (χ0v) is 23.3. The molecular weight excluding hydrogens is 532 g/mol. The molecule has 1 saturated carbocycles. The number of carbonyl (C=O) groups is 4. The monoisotopic (exact) mass is 562 g/mol. The fourth-order valence-corrected chi connectivity index (χ4v) is 7.70. The zero-order chi connectivity index (χ0) is 29.2. The summed E-state index contributed by atoms with van der Waals surface area (Å²) in [5.41, 5.74) is 0.479. The van der Waals surface area contributed by atoms with Gasteiger partial charge in [-0.05, 0) is 67.9 Å². The van der Waals surface area contributed by atoms with Crippen molar-refractivity contribution in [3.63, 3.8) is 0 Å². The van der Waals surface area contributed by atoms with Crippen LogP contribution >= 0.6 is 0 Å². The van der Waals surface area contributed by atoms with Crippen LogP contribution in [0.1, 0.15) is 19.4 Å². The molecule has 3 aromatic carbocycles. The van der Waals surface area contributed by atoms with Crippen molar-refractivity contribution >= 4 is 35.0 Å². The molecule has 212 valence electrons. The molecule has 4 amide bonds. The number of imide groups is 2. The Labute approximate surface area is 243 Å². The standard InChI is InChI=1S/C34H30N2O6/c1-3-41-23-14-10-21(11-15-23)35-30(37)26-25-18-19-34(28(26)32(35)39,20-8-6-5-7-9-20)29-27(25)31(38)36(33(29)40)22-12-16-24(17-13-22)42-4-2/h5-19,25-29H,3-4H2,1-2H3. The van der Waals surface area contributed by atoms with Crippen molar-refractivity contribution in [1.29, 1.82) is 0 Å². The van der Waals surface area contributed by atoms with Crippen LogP contribution < -0.4 is 19.3 Å². The van der Waals surface area contributed by atoms with Crippen LogP contribution in [-0.4, -0.2) is 36.8 Å². The summed E-state index contributed by atoms with van der Waals surface area (Å²) in [7, 11) is 0. The van der Waals surface area contributed by atoms with Crippen LogP contribution in [0.4, 0.5) is 11.4 Å². The predicted molar refractivity (Wildman–Crippen MR) is 155 cm³/mol. The smallest absolute Gasteiger partial charge is 0.238 e. The Morgan fingerprint density at radius 3 is 1.50 bits per heavy atom. The third kappa shape index (κ3) is 3.47. The zero-order valence-electron chi connectivity index (χ0n) is 23.3. The minimum Gasteiger partial charge on any atom is -0.494 e. The van der Waals surface area contributed by atoms with Crippen LogP contribution in [0.5, 0.6) is 11.5 Å². The molecule has 5 aliphatic rings. The summed E-state index contributed by atoms with van der Waals surface area (Å²) in [6, 6.07) is 23.1. The molecule has 0 spiro atoms. The first kappa shape index (κ1) is 26.2. The molecule has 4 unspecified atom stereocenters. The number of benzene rings is 3. The number of hydrogen-bond donors (Lipinski definition) is 0. The quantitative estimate of drug-likeness (QED) is 0.310. The lowest BCUT2D eigenvalue weighted by atomic mass is 9.45. The highest BCUT2D eigenvalue weighted by Gasteiger charge is 2.75. The number of carbonyl (C=O) groups excluding carboxylic acids is 4. The van der Waals surface area contributed by atoms with Crippen LogP contribution in [0.3, 0.4) is 0 Å². The van der Waals surface area contributed by atoms with Gasteiger partial charge in [0.2, 0.25) is 23.6 Å². The van der Waals surface area contributed by atoms with E-state index in [-0.39, 0.29) is 23.6 Å². The molecular formula is C34H30N2O6. The maximum absolute atomic E-state index is 14.4. The second-order valence-electron chi connectivity index (χ2n) is 11.1. The van der Waals surface area contributed by atoms with E-state index in [1.165, 1.54) is 9.80 Å². The minimum atomic E-state index is -1.16. The van der Waals surface area contributed by atoms with E-state index in [0.717, 1.165) is 5.56 Å². The molecule has 2 bridgehead atoms. The molecule has 0 radical (unpaired) electrons. The van der Waals surface area contributed by atoms with Gasteiger partial charge in [-0.25, -0.2) is 9.80 Å². The summed E-state index contributed by atoms with van der Waals surface area (Å²) in [6.45, 7) is 4.76. The van der Waals surface area contributed by atoms with E-state index in [1.807, 2.05) is 56.3 Å². The molecule has 8 heteroatoms. The van der Waals surface area contributed by atoms with Gasteiger partial charge < -0.3 is 9.47 Å². The fourth-order valence-electron chi connectivity index (χ4n) is 7.70. The largest absolute Gasteiger partial charge is 0.494 e. The van der Waals surface area contributed by atoms with Crippen LogP contribution in [0.15, 0.2) is 91.0 Å². The van der Waals surface area contributed by atoms with E-state index in [0.29, 0.717) is 36.1 Å². The van der Waals surface area contributed by atoms with Crippen LogP contribution in [0.2, 0.25) is 0 Å². The normalized spacial score (nSPS) is 29.2. The summed E-state index contributed by atoms with van der Waals surface area (Å²) < 4.78 is 11.1. The molecule has 8 nitrogen and oxygen atoms in total. The van der Waals surface area contributed by atoms with Crippen LogP contribution in [0.25, 0.3) is 0 Å². The second kappa shape index (κ2) is 9.69. The van der Waals surface area contributed by atoms with E-state index >= 15 is 0 Å². The first-order chi connectivity index (χ1) is 20.4. The molecule has 3 aromatic rings. The summed E-state index contributed by atoms with van der Waals surface area (Å²) in [6.07, 6.45) is 3.82. The van der Waals surface area contributed by atoms with Gasteiger partial charge in [0, 0.05) is 11.3 Å². The predicted octanol–water partition coefficient (Wildman–Crippen LogP) is 4.53. The lowest BCUT2D eigenvalue weighted by Gasteiger charge is -2.53. The lowest BCUT2D eigenvalue weighted by molar-refractivity contribution is -0.140. The molecule has 3 fully saturated rings. The number of ether oxygens (including phenoxy) is 2. The highest BCUT2D eigenvalue weighted by Crippen LogP contribution is 2.65. The Bertz CT molecular complexity index is 1520. The SMILES string of the molecule is CCOc1ccc(N2C(=O)C3C4C=CC(c5ccccc5)(C3C2=O)C2C(=O)N(c3ccc(OCC)cc3)C(=O)C42)cc1. The van der Waals surface area contributed by atoms with Crippen LogP contribution in [-0.2, 0) is 24.6 Å². The number of allylic oxidation sites excluding steroid dienone is 2. The Balaban J connectivity index is 1.35. The summed E-state index contributed by atoms with van der Waals surface area (Å²) >= 11 is 0. The van der Waals surface area contributed by atoms with Gasteiger partial charge in [0.1, 0.15) is 11.5 Å². The average Bonchev–Trinajstić information content (AvgIpc) is 3.46. The van der Waals surface area contributed by atoms with Gasteiger partial charge >= 0.3 is 0 Å². The van der Waals surface area contributed by atoms with E-state index in [2.05, 4.69) is 0 Å². The summed E-state index contributed by atoms with van der Waals surface area (Å²) in [5.74, 6) is -3.90. The van der Waals surface area contributed by atoms with Crippen LogP contribution in [0, 0.1) is 29.6 Å². The van der Waals surface area contributed by atoms with Gasteiger partial charge in [-0.15, -0.1) is 0 Å². The minimum absolute atomic E-state index is 0.345. The van der Waals surface area contributed by atoms with Gasteiger partial charge in [0.25, 0.3) is 0 Å². The molecule has 8 rings (SSSR count). The number of nitrogens with zero attached hydrogens (tertiary/aromatic N) is 2. The van der Waals surface area contributed by atoms with E-state index in [9.17, 15) is 19.2 Å². The van der Waals surface area contributed by atoms with Crippen molar-refractivity contribution in [3.8, 4) is 11.5 Å². The fraction of sp³-hybridized carbons (Fsp3) is 0.294. The molecule has 0 aromatic heterocycles. The molecule has 42 heavy (non-hydrogen) atoms. The van der Waals surface area contributed by atoms with E-state index in [1.54, 1.807) is 48.5 Å². The van der Waals surface area contributed by atoms with Crippen molar-refractivity contribution in [3.05, 3.63) is 96.6 Å². The average molecular weight is 563 g/mol. The second-order valence-corrected chi connectivity index (χ2v) is 11.1. The Hall–Kier alpha value is -4.72.